The van der Waals surface area contributed by atoms with Crippen LogP contribution in [0.3, 0.4) is 0 Å². The van der Waals surface area contributed by atoms with Crippen LogP contribution in [0.15, 0.2) is 41.8 Å². The van der Waals surface area contributed by atoms with Gasteiger partial charge in [0.15, 0.2) is 0 Å². The number of hydrogen-bond acceptors (Lipinski definition) is 6. The van der Waals surface area contributed by atoms with Crippen molar-refractivity contribution < 1.29 is 9.59 Å². The van der Waals surface area contributed by atoms with E-state index in [0.29, 0.717) is 21.3 Å². The van der Waals surface area contributed by atoms with Gasteiger partial charge < -0.3 is 5.32 Å². The second kappa shape index (κ2) is 6.67. The lowest BCUT2D eigenvalue weighted by molar-refractivity contribution is 0.102. The summed E-state index contributed by atoms with van der Waals surface area (Å²) in [5.41, 5.74) is 1.11. The summed E-state index contributed by atoms with van der Waals surface area (Å²) in [6.45, 7) is 1.82. The Morgan fingerprint density at radius 1 is 1.00 bits per heavy atom. The van der Waals surface area contributed by atoms with Gasteiger partial charge in [0, 0.05) is 11.3 Å². The van der Waals surface area contributed by atoms with E-state index in [1.54, 1.807) is 30.3 Å². The zero-order valence-corrected chi connectivity index (χ0v) is 13.7. The van der Waals surface area contributed by atoms with Gasteiger partial charge >= 0.3 is 0 Å². The van der Waals surface area contributed by atoms with E-state index in [0.717, 1.165) is 5.01 Å². The predicted molar refractivity (Wildman–Crippen MR) is 91.3 cm³/mol. The number of aryl methyl sites for hydroxylation is 1. The molecule has 0 fully saturated rings. The molecule has 8 heteroatoms. The smallest absolute Gasteiger partial charge is 0.265 e. The van der Waals surface area contributed by atoms with Crippen molar-refractivity contribution in [1.29, 1.82) is 0 Å². The van der Waals surface area contributed by atoms with Crippen molar-refractivity contribution in [1.82, 2.24) is 10.2 Å². The van der Waals surface area contributed by atoms with Crippen molar-refractivity contribution in [3.05, 3.63) is 57.2 Å². The molecule has 116 valence electrons. The monoisotopic (exact) mass is 344 g/mol. The van der Waals surface area contributed by atoms with Gasteiger partial charge in [0.2, 0.25) is 5.13 Å². The van der Waals surface area contributed by atoms with Gasteiger partial charge in [-0.2, -0.15) is 0 Å². The Labute approximate surface area is 140 Å². The molecule has 0 spiro atoms. The Morgan fingerprint density at radius 3 is 2.39 bits per heavy atom. The number of rotatable bonds is 4. The maximum atomic E-state index is 12.1. The minimum absolute atomic E-state index is 0.165. The second-order valence-electron chi connectivity index (χ2n) is 4.59. The van der Waals surface area contributed by atoms with Crippen LogP contribution in [0, 0.1) is 6.92 Å². The van der Waals surface area contributed by atoms with E-state index in [1.165, 1.54) is 22.7 Å². The Kier molecular flexibility index (Phi) is 4.45. The molecule has 0 bridgehead atoms. The molecular weight excluding hydrogens is 332 g/mol. The number of nitrogens with one attached hydrogen (secondary N) is 2. The first kappa shape index (κ1) is 15.3. The Bertz CT molecular complexity index is 826. The van der Waals surface area contributed by atoms with Gasteiger partial charge in [-0.15, -0.1) is 21.5 Å². The summed E-state index contributed by atoms with van der Waals surface area (Å²) in [5.74, 6) is -0.432. The van der Waals surface area contributed by atoms with E-state index in [2.05, 4.69) is 20.8 Å². The number of carbonyl (C=O) groups is 2. The molecule has 0 saturated carbocycles. The number of hydrogen-bond donors (Lipinski definition) is 2. The third kappa shape index (κ3) is 3.79. The molecule has 2 aromatic heterocycles. The molecule has 6 nitrogen and oxygen atoms in total. The molecule has 0 saturated heterocycles. The second-order valence-corrected chi connectivity index (χ2v) is 6.72. The van der Waals surface area contributed by atoms with Crippen LogP contribution in [0.5, 0.6) is 0 Å². The zero-order valence-electron chi connectivity index (χ0n) is 12.1. The van der Waals surface area contributed by atoms with Crippen LogP contribution in [-0.2, 0) is 0 Å². The minimum atomic E-state index is -0.266. The number of carbonyl (C=O) groups excluding carboxylic acids is 2. The fourth-order valence-corrected chi connectivity index (χ4v) is 3.03. The van der Waals surface area contributed by atoms with E-state index >= 15 is 0 Å². The van der Waals surface area contributed by atoms with Crippen LogP contribution >= 0.6 is 22.7 Å². The predicted octanol–water partition coefficient (Wildman–Crippen LogP) is 3.41. The average Bonchev–Trinajstić information content (AvgIpc) is 3.20. The van der Waals surface area contributed by atoms with Gasteiger partial charge in [-0.05, 0) is 42.6 Å². The van der Waals surface area contributed by atoms with Crippen molar-refractivity contribution >= 4 is 45.3 Å². The minimum Gasteiger partial charge on any atom is -0.321 e. The van der Waals surface area contributed by atoms with Crippen molar-refractivity contribution in [3.63, 3.8) is 0 Å². The molecule has 0 atom stereocenters. The molecule has 0 aliphatic rings. The zero-order chi connectivity index (χ0) is 16.2. The van der Waals surface area contributed by atoms with Gasteiger partial charge in [0.25, 0.3) is 11.8 Å². The van der Waals surface area contributed by atoms with Crippen LogP contribution in [0.4, 0.5) is 10.8 Å². The summed E-state index contributed by atoms with van der Waals surface area (Å²) in [4.78, 5) is 24.7. The lowest BCUT2D eigenvalue weighted by Crippen LogP contribution is -2.13. The first-order chi connectivity index (χ1) is 11.1. The third-order valence-electron chi connectivity index (χ3n) is 2.90. The first-order valence-electron chi connectivity index (χ1n) is 6.68. The van der Waals surface area contributed by atoms with Crippen LogP contribution in [0.1, 0.15) is 25.0 Å². The molecule has 3 rings (SSSR count). The molecule has 0 radical (unpaired) electrons. The highest BCUT2D eigenvalue weighted by molar-refractivity contribution is 7.15. The molecule has 2 N–H and O–H groups in total. The lowest BCUT2D eigenvalue weighted by Gasteiger charge is -2.05. The average molecular weight is 344 g/mol. The van der Waals surface area contributed by atoms with Crippen molar-refractivity contribution in [3.8, 4) is 0 Å². The number of thiophene rings is 1. The van der Waals surface area contributed by atoms with Gasteiger partial charge in [0.05, 0.1) is 4.88 Å². The molecule has 0 aliphatic heterocycles. The Balaban J connectivity index is 1.64. The molecule has 2 heterocycles. The van der Waals surface area contributed by atoms with Crippen molar-refractivity contribution in [2.75, 3.05) is 10.6 Å². The molecule has 23 heavy (non-hydrogen) atoms. The van der Waals surface area contributed by atoms with Gasteiger partial charge in [-0.1, -0.05) is 17.4 Å². The third-order valence-corrected chi connectivity index (χ3v) is 4.52. The Morgan fingerprint density at radius 2 is 1.78 bits per heavy atom. The number of amides is 2. The number of aromatic nitrogens is 2. The van der Waals surface area contributed by atoms with Gasteiger partial charge in [-0.3, -0.25) is 14.9 Å². The fraction of sp³-hybridized carbons (Fsp3) is 0.0667. The standard InChI is InChI=1S/C15H12N4O2S2/c1-9-18-19-15(23-9)17-13(20)10-4-6-11(7-5-10)16-14(21)12-3-2-8-22-12/h2-8H,1H3,(H,16,21)(H,17,19,20). The van der Waals surface area contributed by atoms with Crippen LogP contribution in [-0.4, -0.2) is 22.0 Å². The van der Waals surface area contributed by atoms with E-state index in [1.807, 2.05) is 18.4 Å². The van der Waals surface area contributed by atoms with Crippen LogP contribution in [0.25, 0.3) is 0 Å². The van der Waals surface area contributed by atoms with E-state index in [9.17, 15) is 9.59 Å². The van der Waals surface area contributed by atoms with Crippen LogP contribution in [0.2, 0.25) is 0 Å². The first-order valence-corrected chi connectivity index (χ1v) is 8.38. The lowest BCUT2D eigenvalue weighted by atomic mass is 10.2. The largest absolute Gasteiger partial charge is 0.321 e. The number of benzene rings is 1. The van der Waals surface area contributed by atoms with Gasteiger partial charge in [0.1, 0.15) is 5.01 Å². The summed E-state index contributed by atoms with van der Waals surface area (Å²) in [6.07, 6.45) is 0. The quantitative estimate of drug-likeness (QED) is 0.759. The summed E-state index contributed by atoms with van der Waals surface area (Å²) in [6, 6.07) is 10.2. The topological polar surface area (TPSA) is 84.0 Å². The van der Waals surface area contributed by atoms with E-state index in [4.69, 9.17) is 0 Å². The SMILES string of the molecule is Cc1nnc(NC(=O)c2ccc(NC(=O)c3cccs3)cc2)s1. The Hall–Kier alpha value is -2.58. The van der Waals surface area contributed by atoms with Gasteiger partial charge in [-0.25, -0.2) is 0 Å². The van der Waals surface area contributed by atoms with Crippen LogP contribution < -0.4 is 10.6 Å². The highest BCUT2D eigenvalue weighted by Gasteiger charge is 2.10. The molecule has 2 amide bonds. The van der Waals surface area contributed by atoms with Crippen molar-refractivity contribution in [2.45, 2.75) is 6.92 Å². The number of anilines is 2. The highest BCUT2D eigenvalue weighted by Crippen LogP contribution is 2.17. The molecule has 0 aliphatic carbocycles. The molecular formula is C15H12N4O2S2. The van der Waals surface area contributed by atoms with E-state index in [-0.39, 0.29) is 11.8 Å². The summed E-state index contributed by atoms with van der Waals surface area (Å²) in [7, 11) is 0. The maximum Gasteiger partial charge on any atom is 0.265 e. The van der Waals surface area contributed by atoms with E-state index < -0.39 is 0 Å². The fourth-order valence-electron chi connectivity index (χ4n) is 1.82. The normalized spacial score (nSPS) is 10.3. The summed E-state index contributed by atoms with van der Waals surface area (Å²) >= 11 is 2.68. The molecule has 3 aromatic rings. The number of nitrogens with zero attached hydrogens (tertiary/aromatic N) is 2. The molecule has 0 unspecified atom stereocenters. The van der Waals surface area contributed by atoms with Crippen molar-refractivity contribution in [2.24, 2.45) is 0 Å². The maximum absolute atomic E-state index is 12.1. The summed E-state index contributed by atoms with van der Waals surface area (Å²) < 4.78 is 0. The molecule has 1 aromatic carbocycles. The summed E-state index contributed by atoms with van der Waals surface area (Å²) in [5, 5.41) is 16.2. The highest BCUT2D eigenvalue weighted by atomic mass is 32.1.